The van der Waals surface area contributed by atoms with Gasteiger partial charge in [0.25, 0.3) is 5.76 Å². The lowest BCUT2D eigenvalue weighted by molar-refractivity contribution is 0.252. The summed E-state index contributed by atoms with van der Waals surface area (Å²) in [6.07, 6.45) is 0. The van der Waals surface area contributed by atoms with Crippen LogP contribution in [0.15, 0.2) is 71.6 Å². The largest absolute Gasteiger partial charge is 0.341 e. The van der Waals surface area contributed by atoms with Crippen molar-refractivity contribution < 1.29 is 8.78 Å². The van der Waals surface area contributed by atoms with Gasteiger partial charge >= 0.3 is 0 Å². The number of nitrogens with zero attached hydrogens (tertiary/aromatic N) is 1. The number of hydrogen-bond acceptors (Lipinski definition) is 2. The van der Waals surface area contributed by atoms with E-state index in [0.29, 0.717) is 21.8 Å². The molecule has 1 aromatic heterocycles. The lowest BCUT2D eigenvalue weighted by atomic mass is 10.1. The van der Waals surface area contributed by atoms with E-state index in [-0.39, 0.29) is 0 Å². The van der Waals surface area contributed by atoms with Crippen LogP contribution in [0, 0.1) is 0 Å². The van der Waals surface area contributed by atoms with E-state index in [1.165, 1.54) is 21.8 Å². The molecule has 3 nitrogen and oxygen atoms in total. The van der Waals surface area contributed by atoms with Gasteiger partial charge in [0.1, 0.15) is 0 Å². The minimum absolute atomic E-state index is 0.442. The van der Waals surface area contributed by atoms with Crippen molar-refractivity contribution in [3.05, 3.63) is 66.7 Å². The molecule has 0 aliphatic carbocycles. The molecule has 0 radical (unpaired) electrons. The number of aryl methyl sites for hydroxylation is 1. The number of rotatable bonds is 5. The molecule has 4 rings (SSSR count). The fourth-order valence-electron chi connectivity index (χ4n) is 3.49. The van der Waals surface area contributed by atoms with Gasteiger partial charge in [-0.2, -0.15) is 8.78 Å². The van der Waals surface area contributed by atoms with E-state index >= 15 is 0 Å². The molecule has 0 unspecified atom stereocenters. The summed E-state index contributed by atoms with van der Waals surface area (Å²) >= 11 is 5.94. The normalized spacial score (nSPS) is 11.3. The van der Waals surface area contributed by atoms with E-state index in [2.05, 4.69) is 52.5 Å². The van der Waals surface area contributed by atoms with Crippen LogP contribution in [0.5, 0.6) is 0 Å². The highest BCUT2D eigenvalue weighted by molar-refractivity contribution is 7.99. The van der Waals surface area contributed by atoms with E-state index in [9.17, 15) is 8.78 Å². The number of nitrogens with one attached hydrogen (secondary N) is 2. The van der Waals surface area contributed by atoms with E-state index in [0.717, 1.165) is 17.9 Å². The second-order valence-electron chi connectivity index (χ2n) is 6.48. The van der Waals surface area contributed by atoms with Crippen LogP contribution in [0.2, 0.25) is 0 Å². The van der Waals surface area contributed by atoms with Gasteiger partial charge in [-0.1, -0.05) is 30.0 Å². The van der Waals surface area contributed by atoms with Crippen LogP contribution in [0.1, 0.15) is 6.92 Å². The van der Waals surface area contributed by atoms with Gasteiger partial charge in [-0.3, -0.25) is 0 Å². The Bertz CT molecular complexity index is 1170. The van der Waals surface area contributed by atoms with Crippen molar-refractivity contribution in [1.82, 2.24) is 4.57 Å². The first-order valence-electron chi connectivity index (χ1n) is 9.19. The number of para-hydroxylation sites is 1. The number of fused-ring (bicyclic) bond motifs is 3. The van der Waals surface area contributed by atoms with Crippen LogP contribution in [0.3, 0.4) is 0 Å². The van der Waals surface area contributed by atoms with Crippen molar-refractivity contribution in [1.29, 1.82) is 0 Å². The third kappa shape index (κ3) is 4.21. The summed E-state index contributed by atoms with van der Waals surface area (Å²) in [5.74, 6) is -2.43. The zero-order valence-electron chi connectivity index (χ0n) is 15.7. The van der Waals surface area contributed by atoms with Crippen LogP contribution in [-0.2, 0) is 6.54 Å². The zero-order valence-corrected chi connectivity index (χ0v) is 17.3. The van der Waals surface area contributed by atoms with Gasteiger partial charge in [0, 0.05) is 44.6 Å². The van der Waals surface area contributed by atoms with Gasteiger partial charge in [-0.25, -0.2) is 0 Å². The molecule has 29 heavy (non-hydrogen) atoms. The third-order valence-corrected chi connectivity index (χ3v) is 5.61. The summed E-state index contributed by atoms with van der Waals surface area (Å²) < 4.78 is 27.1. The average molecular weight is 428 g/mol. The van der Waals surface area contributed by atoms with E-state index in [1.807, 2.05) is 12.1 Å². The van der Waals surface area contributed by atoms with Crippen molar-refractivity contribution >= 4 is 62.3 Å². The van der Waals surface area contributed by atoms with Crippen molar-refractivity contribution in [2.24, 2.45) is 0 Å². The maximum Gasteiger partial charge on any atom is 0.288 e. The standard InChI is InChI=1S/C22H19F2N3S2/c1-2-27-19-6-4-3-5-17(19)18-13-15(9-12-20(18)27)26-22(28)25-14-7-10-16(11-8-14)29-21(23)24/h3-13,21H,2H2,1H3,(H2,25,26,28). The van der Waals surface area contributed by atoms with Crippen molar-refractivity contribution in [3.8, 4) is 0 Å². The topological polar surface area (TPSA) is 29.0 Å². The quantitative estimate of drug-likeness (QED) is 0.267. The highest BCUT2D eigenvalue weighted by Gasteiger charge is 2.10. The molecule has 0 bridgehead atoms. The molecule has 2 N–H and O–H groups in total. The summed E-state index contributed by atoms with van der Waals surface area (Å²) in [4.78, 5) is 0.516. The number of hydrogen-bond donors (Lipinski definition) is 2. The SMILES string of the molecule is CCn1c2ccccc2c2cc(NC(=S)Nc3ccc(SC(F)F)cc3)ccc21. The van der Waals surface area contributed by atoms with Crippen molar-refractivity contribution in [2.45, 2.75) is 24.1 Å². The van der Waals surface area contributed by atoms with Crippen molar-refractivity contribution in [3.63, 3.8) is 0 Å². The fourth-order valence-corrected chi connectivity index (χ4v) is 4.22. The molecule has 0 fully saturated rings. The van der Waals surface area contributed by atoms with Gasteiger partial charge < -0.3 is 15.2 Å². The predicted octanol–water partition coefficient (Wildman–Crippen LogP) is 6.94. The Morgan fingerprint density at radius 2 is 1.59 bits per heavy atom. The van der Waals surface area contributed by atoms with E-state index in [4.69, 9.17) is 12.2 Å². The van der Waals surface area contributed by atoms with Crippen LogP contribution in [-0.4, -0.2) is 15.4 Å². The number of alkyl halides is 2. The number of benzene rings is 3. The molecule has 0 saturated heterocycles. The van der Waals surface area contributed by atoms with Crippen LogP contribution in [0.4, 0.5) is 20.2 Å². The Kier molecular flexibility index (Phi) is 5.69. The smallest absolute Gasteiger partial charge is 0.288 e. The second kappa shape index (κ2) is 8.39. The summed E-state index contributed by atoms with van der Waals surface area (Å²) in [5.41, 5.74) is 4.03. The van der Waals surface area contributed by atoms with Gasteiger partial charge in [0.05, 0.1) is 0 Å². The molecule has 0 amide bonds. The number of thioether (sulfide) groups is 1. The number of aromatic nitrogens is 1. The zero-order chi connectivity index (χ0) is 20.4. The Hall–Kier alpha value is -2.64. The van der Waals surface area contributed by atoms with E-state index < -0.39 is 5.76 Å². The molecular weight excluding hydrogens is 408 g/mol. The molecule has 0 atom stereocenters. The first-order chi connectivity index (χ1) is 14.0. The summed E-state index contributed by atoms with van der Waals surface area (Å²) in [6, 6.07) is 21.3. The Morgan fingerprint density at radius 1 is 0.931 bits per heavy atom. The molecule has 0 aliphatic rings. The molecule has 0 spiro atoms. The van der Waals surface area contributed by atoms with E-state index in [1.54, 1.807) is 24.3 Å². The minimum atomic E-state index is -2.43. The molecule has 4 aromatic rings. The molecule has 0 saturated carbocycles. The van der Waals surface area contributed by atoms with Gasteiger partial charge in [-0.15, -0.1) is 0 Å². The predicted molar refractivity (Wildman–Crippen MR) is 123 cm³/mol. The Morgan fingerprint density at radius 3 is 2.31 bits per heavy atom. The summed E-state index contributed by atoms with van der Waals surface area (Å²) in [7, 11) is 0. The first-order valence-corrected chi connectivity index (χ1v) is 10.5. The van der Waals surface area contributed by atoms with Gasteiger partial charge in [0.15, 0.2) is 5.11 Å². The molecular formula is C22H19F2N3S2. The second-order valence-corrected chi connectivity index (χ2v) is 7.95. The molecule has 7 heteroatoms. The maximum atomic E-state index is 12.4. The van der Waals surface area contributed by atoms with Crippen LogP contribution >= 0.6 is 24.0 Å². The number of thiocarbonyl (C=S) groups is 1. The van der Waals surface area contributed by atoms with Crippen LogP contribution in [0.25, 0.3) is 21.8 Å². The maximum absolute atomic E-state index is 12.4. The molecule has 148 valence electrons. The fraction of sp³-hybridized carbons (Fsp3) is 0.136. The third-order valence-electron chi connectivity index (χ3n) is 4.68. The summed E-state index contributed by atoms with van der Waals surface area (Å²) in [5, 5.41) is 9.12. The number of halogens is 2. The lowest BCUT2D eigenvalue weighted by Gasteiger charge is -2.11. The Labute approximate surface area is 177 Å². The number of anilines is 2. The highest BCUT2D eigenvalue weighted by Crippen LogP contribution is 2.31. The molecule has 1 heterocycles. The molecule has 3 aromatic carbocycles. The van der Waals surface area contributed by atoms with Gasteiger partial charge in [0.2, 0.25) is 0 Å². The minimum Gasteiger partial charge on any atom is -0.341 e. The molecule has 0 aliphatic heterocycles. The van der Waals surface area contributed by atoms with Gasteiger partial charge in [-0.05, 0) is 67.7 Å². The average Bonchev–Trinajstić information content (AvgIpc) is 3.02. The van der Waals surface area contributed by atoms with Crippen molar-refractivity contribution in [2.75, 3.05) is 10.6 Å². The Balaban J connectivity index is 1.53. The highest BCUT2D eigenvalue weighted by atomic mass is 32.2. The first kappa shape index (κ1) is 19.7. The summed E-state index contributed by atoms with van der Waals surface area (Å²) in [6.45, 7) is 3.04. The lowest BCUT2D eigenvalue weighted by Crippen LogP contribution is -2.18. The monoisotopic (exact) mass is 427 g/mol. The van der Waals surface area contributed by atoms with Crippen LogP contribution < -0.4 is 10.6 Å².